The summed E-state index contributed by atoms with van der Waals surface area (Å²) in [4.78, 5) is 0.178. The van der Waals surface area contributed by atoms with Crippen LogP contribution < -0.4 is 4.72 Å². The largest absolute Gasteiger partial charge is 0.276 e. The number of sulfonamides is 1. The molecule has 2 aromatic heterocycles. The average Bonchev–Trinajstić information content (AvgIpc) is 3.07. The Labute approximate surface area is 161 Å². The van der Waals surface area contributed by atoms with Crippen molar-refractivity contribution in [2.75, 3.05) is 4.72 Å². The van der Waals surface area contributed by atoms with Gasteiger partial charge in [0.2, 0.25) is 0 Å². The van der Waals surface area contributed by atoms with Crippen LogP contribution in [-0.2, 0) is 23.6 Å². The second-order valence-corrected chi connectivity index (χ2v) is 8.34. The van der Waals surface area contributed by atoms with Crippen molar-refractivity contribution in [1.82, 2.24) is 19.6 Å². The predicted molar refractivity (Wildman–Crippen MR) is 101 cm³/mol. The van der Waals surface area contributed by atoms with Gasteiger partial charge < -0.3 is 0 Å². The zero-order valence-electron chi connectivity index (χ0n) is 14.4. The molecular weight excluding hydrogens is 397 g/mol. The maximum absolute atomic E-state index is 12.7. The van der Waals surface area contributed by atoms with Crippen LogP contribution in [0.15, 0.2) is 35.5 Å². The van der Waals surface area contributed by atoms with Gasteiger partial charge in [-0.3, -0.25) is 14.1 Å². The van der Waals surface area contributed by atoms with Gasteiger partial charge in [-0.25, -0.2) is 8.42 Å². The second kappa shape index (κ2) is 6.94. The summed E-state index contributed by atoms with van der Waals surface area (Å²) in [6, 6.07) is 5.29. The molecule has 7 nitrogen and oxygen atoms in total. The normalized spacial score (nSPS) is 11.7. The van der Waals surface area contributed by atoms with Crippen molar-refractivity contribution in [2.24, 2.45) is 7.05 Å². The molecule has 26 heavy (non-hydrogen) atoms. The van der Waals surface area contributed by atoms with Gasteiger partial charge in [-0.15, -0.1) is 0 Å². The SMILES string of the molecule is Cc1nn(C)c(C)c1S(=O)(=O)Nc1cnn(Cc2ccc(Cl)c(Cl)c2)c1. The van der Waals surface area contributed by atoms with Gasteiger partial charge in [0.15, 0.2) is 0 Å². The van der Waals surface area contributed by atoms with Gasteiger partial charge in [-0.2, -0.15) is 10.2 Å². The Bertz CT molecular complexity index is 1070. The zero-order chi connectivity index (χ0) is 19.1. The fourth-order valence-corrected chi connectivity index (χ4v) is 4.47. The molecule has 1 aromatic carbocycles. The van der Waals surface area contributed by atoms with E-state index in [9.17, 15) is 8.42 Å². The van der Waals surface area contributed by atoms with Gasteiger partial charge in [0.05, 0.1) is 39.9 Å². The molecule has 0 aliphatic heterocycles. The van der Waals surface area contributed by atoms with Crippen LogP contribution in [0.5, 0.6) is 0 Å². The molecule has 0 saturated heterocycles. The summed E-state index contributed by atoms with van der Waals surface area (Å²) in [5.74, 6) is 0. The monoisotopic (exact) mass is 413 g/mol. The van der Waals surface area contributed by atoms with Gasteiger partial charge in [-0.05, 0) is 31.5 Å². The molecule has 10 heteroatoms. The van der Waals surface area contributed by atoms with Crippen LogP contribution in [0.2, 0.25) is 10.0 Å². The lowest BCUT2D eigenvalue weighted by Crippen LogP contribution is -2.14. The van der Waals surface area contributed by atoms with Crippen LogP contribution >= 0.6 is 23.2 Å². The second-order valence-electron chi connectivity index (χ2n) is 5.90. The number of nitrogens with zero attached hydrogens (tertiary/aromatic N) is 4. The van der Waals surface area contributed by atoms with Crippen LogP contribution in [0.25, 0.3) is 0 Å². The Morgan fingerprint density at radius 1 is 1.19 bits per heavy atom. The molecule has 0 aliphatic carbocycles. The topological polar surface area (TPSA) is 81.8 Å². The van der Waals surface area contributed by atoms with E-state index in [-0.39, 0.29) is 4.90 Å². The fourth-order valence-electron chi connectivity index (χ4n) is 2.68. The lowest BCUT2D eigenvalue weighted by atomic mass is 10.2. The molecule has 0 saturated carbocycles. The molecule has 0 fully saturated rings. The quantitative estimate of drug-likeness (QED) is 0.694. The summed E-state index contributed by atoms with van der Waals surface area (Å²) >= 11 is 11.9. The maximum Gasteiger partial charge on any atom is 0.265 e. The summed E-state index contributed by atoms with van der Waals surface area (Å²) in [5.41, 5.74) is 2.28. The van der Waals surface area contributed by atoms with Crippen molar-refractivity contribution in [3.05, 3.63) is 57.6 Å². The molecule has 3 rings (SSSR count). The lowest BCUT2D eigenvalue weighted by molar-refractivity contribution is 0.599. The number of aryl methyl sites for hydroxylation is 2. The Hall–Kier alpha value is -2.03. The van der Waals surface area contributed by atoms with Crippen LogP contribution in [0.3, 0.4) is 0 Å². The molecule has 138 valence electrons. The van der Waals surface area contributed by atoms with Gasteiger partial charge in [0.25, 0.3) is 10.0 Å². The van der Waals surface area contributed by atoms with E-state index in [2.05, 4.69) is 14.9 Å². The standard InChI is InChI=1S/C16H17Cl2N5O2S/c1-10-16(11(2)22(3)20-10)26(24,25)21-13-7-19-23(9-13)8-12-4-5-14(17)15(18)6-12/h4-7,9,21H,8H2,1-3H3. The molecule has 2 heterocycles. The van der Waals surface area contributed by atoms with E-state index < -0.39 is 10.0 Å². The van der Waals surface area contributed by atoms with E-state index in [1.807, 2.05) is 6.07 Å². The molecular formula is C16H17Cl2N5O2S. The number of hydrogen-bond acceptors (Lipinski definition) is 4. The van der Waals surface area contributed by atoms with Gasteiger partial charge in [0, 0.05) is 13.2 Å². The molecule has 1 N–H and O–H groups in total. The third kappa shape index (κ3) is 3.72. The number of rotatable bonds is 5. The summed E-state index contributed by atoms with van der Waals surface area (Å²) in [5, 5.41) is 9.27. The first kappa shape index (κ1) is 18.8. The van der Waals surface area contributed by atoms with Gasteiger partial charge >= 0.3 is 0 Å². The van der Waals surface area contributed by atoms with E-state index in [1.165, 1.54) is 10.9 Å². The first-order valence-electron chi connectivity index (χ1n) is 7.67. The van der Waals surface area contributed by atoms with E-state index >= 15 is 0 Å². The van der Waals surface area contributed by atoms with E-state index in [1.54, 1.807) is 43.9 Å². The van der Waals surface area contributed by atoms with E-state index in [4.69, 9.17) is 23.2 Å². The highest BCUT2D eigenvalue weighted by molar-refractivity contribution is 7.92. The summed E-state index contributed by atoms with van der Waals surface area (Å²) in [6.45, 7) is 3.81. The molecule has 0 bridgehead atoms. The van der Waals surface area contributed by atoms with Gasteiger partial charge in [-0.1, -0.05) is 29.3 Å². The maximum atomic E-state index is 12.7. The minimum absolute atomic E-state index is 0.178. The number of halogens is 2. The molecule has 0 radical (unpaired) electrons. The van der Waals surface area contributed by atoms with Crippen molar-refractivity contribution < 1.29 is 8.42 Å². The minimum Gasteiger partial charge on any atom is -0.276 e. The number of hydrogen-bond donors (Lipinski definition) is 1. The van der Waals surface area contributed by atoms with Crippen molar-refractivity contribution in [3.8, 4) is 0 Å². The molecule has 3 aromatic rings. The molecule has 0 amide bonds. The average molecular weight is 414 g/mol. The number of benzene rings is 1. The summed E-state index contributed by atoms with van der Waals surface area (Å²) in [7, 11) is -2.05. The highest BCUT2D eigenvalue weighted by atomic mass is 35.5. The van der Waals surface area contributed by atoms with E-state index in [0.717, 1.165) is 5.56 Å². The summed E-state index contributed by atoms with van der Waals surface area (Å²) in [6.07, 6.45) is 3.07. The highest BCUT2D eigenvalue weighted by Crippen LogP contribution is 2.24. The molecule has 0 aliphatic rings. The fraction of sp³-hybridized carbons (Fsp3) is 0.250. The van der Waals surface area contributed by atoms with Crippen LogP contribution in [-0.4, -0.2) is 28.0 Å². The Balaban J connectivity index is 1.80. The predicted octanol–water partition coefficient (Wildman–Crippen LogP) is 3.39. The third-order valence-electron chi connectivity index (χ3n) is 3.93. The zero-order valence-corrected chi connectivity index (χ0v) is 16.7. The van der Waals surface area contributed by atoms with Crippen LogP contribution in [0.1, 0.15) is 17.0 Å². The Kier molecular flexibility index (Phi) is 5.01. The minimum atomic E-state index is -3.75. The Morgan fingerprint density at radius 2 is 1.92 bits per heavy atom. The first-order chi connectivity index (χ1) is 12.2. The molecule has 0 spiro atoms. The molecule has 0 unspecified atom stereocenters. The molecule has 0 atom stereocenters. The van der Waals surface area contributed by atoms with Gasteiger partial charge in [0.1, 0.15) is 4.90 Å². The van der Waals surface area contributed by atoms with E-state index in [0.29, 0.717) is 33.7 Å². The highest BCUT2D eigenvalue weighted by Gasteiger charge is 2.24. The van der Waals surface area contributed by atoms with Crippen molar-refractivity contribution in [3.63, 3.8) is 0 Å². The lowest BCUT2D eigenvalue weighted by Gasteiger charge is -2.06. The smallest absolute Gasteiger partial charge is 0.265 e. The number of nitrogens with one attached hydrogen (secondary N) is 1. The van der Waals surface area contributed by atoms with Crippen LogP contribution in [0.4, 0.5) is 5.69 Å². The number of anilines is 1. The van der Waals surface area contributed by atoms with Crippen LogP contribution in [0, 0.1) is 13.8 Å². The van der Waals surface area contributed by atoms with Crippen molar-refractivity contribution in [1.29, 1.82) is 0 Å². The van der Waals surface area contributed by atoms with Crippen molar-refractivity contribution >= 4 is 38.9 Å². The summed E-state index contributed by atoms with van der Waals surface area (Å²) < 4.78 is 31.0. The Morgan fingerprint density at radius 3 is 2.54 bits per heavy atom. The third-order valence-corrected chi connectivity index (χ3v) is 6.30. The van der Waals surface area contributed by atoms with Crippen molar-refractivity contribution in [2.45, 2.75) is 25.3 Å². The first-order valence-corrected chi connectivity index (χ1v) is 9.90. The number of aromatic nitrogens is 4.